The number of amides is 1. The first-order valence-electron chi connectivity index (χ1n) is 8.48. The van der Waals surface area contributed by atoms with Gasteiger partial charge in [-0.05, 0) is 61.4 Å². The molecule has 1 atom stereocenters. The number of aromatic nitrogens is 1. The van der Waals surface area contributed by atoms with E-state index in [-0.39, 0.29) is 5.91 Å². The second-order valence-corrected chi connectivity index (χ2v) is 8.33. The van der Waals surface area contributed by atoms with Gasteiger partial charge in [-0.1, -0.05) is 22.6 Å². The van der Waals surface area contributed by atoms with Crippen molar-refractivity contribution in [2.45, 2.75) is 17.3 Å². The highest BCUT2D eigenvalue weighted by Gasteiger charge is 2.20. The Morgan fingerprint density at radius 2 is 2.12 bits per heavy atom. The standard InChI is InChI=1S/C20H20IN3O/c1-13-10-17(24-9-7-16(21)12-24)3-5-18(13)23-20(25)15-2-4-19-14(11-15)6-8-22-19/h2-6,8,10-11,16,22H,7,9,12H2,1H3,(H,23,25)/t16-/m0/s1. The highest BCUT2D eigenvalue weighted by Crippen LogP contribution is 2.28. The molecule has 2 heterocycles. The number of hydrogen-bond acceptors (Lipinski definition) is 2. The van der Waals surface area contributed by atoms with Crippen LogP contribution in [-0.2, 0) is 0 Å². The molecule has 4 nitrogen and oxygen atoms in total. The molecular formula is C20H20IN3O. The van der Waals surface area contributed by atoms with Gasteiger partial charge in [-0.2, -0.15) is 0 Å². The molecule has 1 amide bonds. The number of alkyl halides is 1. The molecule has 128 valence electrons. The summed E-state index contributed by atoms with van der Waals surface area (Å²) >= 11 is 2.52. The fourth-order valence-electron chi connectivity index (χ4n) is 3.33. The number of halogens is 1. The van der Waals surface area contributed by atoms with E-state index in [1.54, 1.807) is 0 Å². The maximum atomic E-state index is 12.6. The molecule has 0 aliphatic carbocycles. The minimum atomic E-state index is -0.0764. The van der Waals surface area contributed by atoms with E-state index in [2.05, 4.69) is 49.9 Å². The first kappa shape index (κ1) is 16.4. The lowest BCUT2D eigenvalue weighted by Gasteiger charge is -2.19. The summed E-state index contributed by atoms with van der Waals surface area (Å²) in [4.78, 5) is 18.1. The van der Waals surface area contributed by atoms with E-state index < -0.39 is 0 Å². The van der Waals surface area contributed by atoms with Crippen molar-refractivity contribution in [3.05, 3.63) is 59.8 Å². The second-order valence-electron chi connectivity index (χ2n) is 6.57. The summed E-state index contributed by atoms with van der Waals surface area (Å²) in [5.74, 6) is -0.0764. The van der Waals surface area contributed by atoms with Crippen molar-refractivity contribution in [2.75, 3.05) is 23.3 Å². The molecule has 4 rings (SSSR count). The van der Waals surface area contributed by atoms with Gasteiger partial charge in [0.25, 0.3) is 5.91 Å². The van der Waals surface area contributed by atoms with Gasteiger partial charge in [-0.3, -0.25) is 4.79 Å². The van der Waals surface area contributed by atoms with Crippen molar-refractivity contribution in [3.63, 3.8) is 0 Å². The molecule has 25 heavy (non-hydrogen) atoms. The molecule has 0 saturated carbocycles. The van der Waals surface area contributed by atoms with E-state index >= 15 is 0 Å². The molecule has 0 radical (unpaired) electrons. The van der Waals surface area contributed by atoms with Crippen LogP contribution in [0.15, 0.2) is 48.7 Å². The summed E-state index contributed by atoms with van der Waals surface area (Å²) in [5.41, 5.74) is 4.90. The zero-order chi connectivity index (χ0) is 17.4. The topological polar surface area (TPSA) is 48.1 Å². The Morgan fingerprint density at radius 3 is 2.88 bits per heavy atom. The van der Waals surface area contributed by atoms with Crippen LogP contribution in [0.4, 0.5) is 11.4 Å². The van der Waals surface area contributed by atoms with E-state index in [0.717, 1.165) is 39.2 Å². The lowest BCUT2D eigenvalue weighted by molar-refractivity contribution is 0.102. The molecule has 1 aromatic heterocycles. The quantitative estimate of drug-likeness (QED) is 0.452. The number of aryl methyl sites for hydroxylation is 1. The number of H-pyrrole nitrogens is 1. The van der Waals surface area contributed by atoms with E-state index in [1.165, 1.54) is 12.1 Å². The minimum Gasteiger partial charge on any atom is -0.370 e. The van der Waals surface area contributed by atoms with Gasteiger partial charge in [0.05, 0.1) is 0 Å². The van der Waals surface area contributed by atoms with Crippen LogP contribution in [0.25, 0.3) is 10.9 Å². The van der Waals surface area contributed by atoms with Crippen molar-refractivity contribution in [1.82, 2.24) is 4.98 Å². The number of nitrogens with one attached hydrogen (secondary N) is 2. The number of rotatable bonds is 3. The zero-order valence-electron chi connectivity index (χ0n) is 14.1. The summed E-state index contributed by atoms with van der Waals surface area (Å²) in [6, 6.07) is 14.0. The van der Waals surface area contributed by atoms with Crippen molar-refractivity contribution in [3.8, 4) is 0 Å². The Hall–Kier alpha value is -2.02. The largest absolute Gasteiger partial charge is 0.370 e. The second kappa shape index (κ2) is 6.71. The summed E-state index contributed by atoms with van der Waals surface area (Å²) in [5, 5.41) is 4.08. The van der Waals surface area contributed by atoms with Crippen LogP contribution in [0.1, 0.15) is 22.3 Å². The average Bonchev–Trinajstić information content (AvgIpc) is 3.24. The fourth-order valence-corrected chi connectivity index (χ4v) is 4.08. The van der Waals surface area contributed by atoms with Gasteiger partial charge in [-0.25, -0.2) is 0 Å². The predicted octanol–water partition coefficient (Wildman–Crippen LogP) is 4.74. The van der Waals surface area contributed by atoms with Crippen molar-refractivity contribution in [1.29, 1.82) is 0 Å². The van der Waals surface area contributed by atoms with E-state index in [9.17, 15) is 4.79 Å². The third kappa shape index (κ3) is 3.38. The molecule has 1 fully saturated rings. The highest BCUT2D eigenvalue weighted by atomic mass is 127. The summed E-state index contributed by atoms with van der Waals surface area (Å²) in [7, 11) is 0. The van der Waals surface area contributed by atoms with Crippen molar-refractivity contribution in [2.24, 2.45) is 0 Å². The molecule has 0 spiro atoms. The van der Waals surface area contributed by atoms with Crippen molar-refractivity contribution >= 4 is 50.8 Å². The van der Waals surface area contributed by atoms with Gasteiger partial charge in [-0.15, -0.1) is 0 Å². The molecule has 0 bridgehead atoms. The Labute approximate surface area is 160 Å². The van der Waals surface area contributed by atoms with Gasteiger partial charge < -0.3 is 15.2 Å². The molecule has 2 aromatic carbocycles. The molecule has 3 aromatic rings. The first-order chi connectivity index (χ1) is 12.1. The summed E-state index contributed by atoms with van der Waals surface area (Å²) in [6.45, 7) is 4.25. The normalized spacial score (nSPS) is 17.2. The van der Waals surface area contributed by atoms with Crippen LogP contribution in [0.3, 0.4) is 0 Å². The number of carbonyl (C=O) groups excluding carboxylic acids is 1. The van der Waals surface area contributed by atoms with Gasteiger partial charge in [0.15, 0.2) is 0 Å². The van der Waals surface area contributed by atoms with Crippen LogP contribution in [-0.4, -0.2) is 27.9 Å². The maximum Gasteiger partial charge on any atom is 0.255 e. The van der Waals surface area contributed by atoms with E-state index in [1.807, 2.05) is 43.5 Å². The van der Waals surface area contributed by atoms with E-state index in [4.69, 9.17) is 0 Å². The molecule has 0 unspecified atom stereocenters. The van der Waals surface area contributed by atoms with E-state index in [0.29, 0.717) is 5.56 Å². The van der Waals surface area contributed by atoms with Crippen molar-refractivity contribution < 1.29 is 4.79 Å². The number of aromatic amines is 1. The smallest absolute Gasteiger partial charge is 0.255 e. The number of benzene rings is 2. The predicted molar refractivity (Wildman–Crippen MR) is 112 cm³/mol. The molecule has 1 aliphatic rings. The Bertz CT molecular complexity index is 934. The number of anilines is 2. The number of nitrogens with zero attached hydrogens (tertiary/aromatic N) is 1. The van der Waals surface area contributed by atoms with Gasteiger partial charge in [0, 0.05) is 51.1 Å². The average molecular weight is 445 g/mol. The number of carbonyl (C=O) groups is 1. The SMILES string of the molecule is Cc1cc(N2CC[C@H](I)C2)ccc1NC(=O)c1ccc2[nH]ccc2c1. The Balaban J connectivity index is 1.52. The molecule has 1 aliphatic heterocycles. The molecular weight excluding hydrogens is 425 g/mol. The number of hydrogen-bond donors (Lipinski definition) is 2. The fraction of sp³-hybridized carbons (Fsp3) is 0.250. The minimum absolute atomic E-state index is 0.0764. The van der Waals surface area contributed by atoms with Gasteiger partial charge >= 0.3 is 0 Å². The molecule has 2 N–H and O–H groups in total. The van der Waals surface area contributed by atoms with Crippen LogP contribution >= 0.6 is 22.6 Å². The lowest BCUT2D eigenvalue weighted by atomic mass is 10.1. The van der Waals surface area contributed by atoms with Gasteiger partial charge in [0.1, 0.15) is 0 Å². The molecule has 1 saturated heterocycles. The highest BCUT2D eigenvalue weighted by molar-refractivity contribution is 14.1. The third-order valence-corrected chi connectivity index (χ3v) is 5.79. The van der Waals surface area contributed by atoms with Gasteiger partial charge in [0.2, 0.25) is 0 Å². The van der Waals surface area contributed by atoms with Crippen LogP contribution in [0, 0.1) is 6.92 Å². The number of fused-ring (bicyclic) bond motifs is 1. The van der Waals surface area contributed by atoms with Crippen LogP contribution in [0.5, 0.6) is 0 Å². The summed E-state index contributed by atoms with van der Waals surface area (Å²) in [6.07, 6.45) is 3.12. The monoisotopic (exact) mass is 445 g/mol. The first-order valence-corrected chi connectivity index (χ1v) is 9.73. The lowest BCUT2D eigenvalue weighted by Crippen LogP contribution is -2.20. The molecule has 5 heteroatoms. The van der Waals surface area contributed by atoms with Crippen LogP contribution in [0.2, 0.25) is 0 Å². The summed E-state index contributed by atoms with van der Waals surface area (Å²) < 4.78 is 0.723. The Morgan fingerprint density at radius 1 is 1.24 bits per heavy atom. The zero-order valence-corrected chi connectivity index (χ0v) is 16.2. The van der Waals surface area contributed by atoms with Crippen LogP contribution < -0.4 is 10.2 Å². The Kier molecular flexibility index (Phi) is 4.41. The maximum absolute atomic E-state index is 12.6. The third-order valence-electron chi connectivity index (χ3n) is 4.77.